The van der Waals surface area contributed by atoms with Gasteiger partial charge in [0.05, 0.1) is 54.6 Å². The molecule has 3 aromatic carbocycles. The van der Waals surface area contributed by atoms with Crippen LogP contribution in [-0.4, -0.2) is 124 Å². The third kappa shape index (κ3) is 13.5. The standard InChI is InChI=1S/C55H63N3O14S2/c1-39-38-54(2,3)57(27-28-69-31-32-70-30-29-68-5)47-37-49-44(36-43(39)47)41(34-48(71-49)40-16-11-9-12-17-40)18-10-7-6-8-13-19-50-55(4,25-14-20-53(61)72-58-51(59)23-24-52(58)60)45-35-42(74(65,66)67)21-22-46(45)56(50)26-15-33-73(62,63)64/h6-13,16-19,21-22,34-38H,14-15,20,23-33H2,1-5H3,(H-,62,63,64,65,66,67)/p+1. The highest BCUT2D eigenvalue weighted by atomic mass is 32.2. The number of anilines is 1. The average Bonchev–Trinajstić information content (AvgIpc) is 3.78. The van der Waals surface area contributed by atoms with Crippen LogP contribution in [0.1, 0.15) is 88.5 Å². The Balaban J connectivity index is 1.16. The van der Waals surface area contributed by atoms with Gasteiger partial charge in [0, 0.05) is 85.5 Å². The van der Waals surface area contributed by atoms with Crippen molar-refractivity contribution in [3.63, 3.8) is 0 Å². The lowest BCUT2D eigenvalue weighted by Crippen LogP contribution is -2.46. The molecule has 0 radical (unpaired) electrons. The van der Waals surface area contributed by atoms with Crippen molar-refractivity contribution in [2.75, 3.05) is 63.9 Å². The SMILES string of the molecule is COCCOCCOCCN1c2cc3c(cc2C(C)=CC1(C)C)/C(=C/C=C/C=C/C=C/C1=[N+](CCCS(=O)(=O)O)c2ccc(S(=O)(=O)O)cc2C1(C)CCCC(=O)ON1C(=O)CCC1=O)C=C(c1ccccc1)O3. The summed E-state index contributed by atoms with van der Waals surface area (Å²) in [4.78, 5) is 44.1. The fraction of sp³-hybridized carbons (Fsp3) is 0.382. The summed E-state index contributed by atoms with van der Waals surface area (Å²) in [6.45, 7) is 11.6. The maximum atomic E-state index is 12.9. The van der Waals surface area contributed by atoms with Crippen LogP contribution in [0.3, 0.4) is 0 Å². The van der Waals surface area contributed by atoms with Crippen LogP contribution < -0.4 is 9.64 Å². The molecule has 0 saturated carbocycles. The van der Waals surface area contributed by atoms with Crippen molar-refractivity contribution >= 4 is 72.0 Å². The predicted molar refractivity (Wildman–Crippen MR) is 281 cm³/mol. The fourth-order valence-corrected chi connectivity index (χ4v) is 10.7. The first-order chi connectivity index (χ1) is 35.2. The van der Waals surface area contributed by atoms with Crippen LogP contribution in [0.2, 0.25) is 0 Å². The molecule has 4 aliphatic heterocycles. The number of hydrogen-bond acceptors (Lipinski definition) is 13. The van der Waals surface area contributed by atoms with E-state index in [-0.39, 0.29) is 55.5 Å². The molecule has 1 fully saturated rings. The van der Waals surface area contributed by atoms with Gasteiger partial charge >= 0.3 is 5.97 Å². The molecular formula is C55H64N3O14S2+. The van der Waals surface area contributed by atoms with Gasteiger partial charge in [0.1, 0.15) is 18.1 Å². The van der Waals surface area contributed by atoms with Crippen LogP contribution in [0, 0.1) is 0 Å². The zero-order chi connectivity index (χ0) is 53.3. The van der Waals surface area contributed by atoms with Crippen LogP contribution >= 0.6 is 0 Å². The van der Waals surface area contributed by atoms with Gasteiger partial charge in [-0.25, -0.2) is 4.79 Å². The zero-order valence-corrected chi connectivity index (χ0v) is 44.0. The molecule has 1 unspecified atom stereocenters. The van der Waals surface area contributed by atoms with Crippen LogP contribution in [0.25, 0.3) is 16.9 Å². The monoisotopic (exact) mass is 1050 g/mol. The van der Waals surface area contributed by atoms with Gasteiger partial charge in [0.15, 0.2) is 5.71 Å². The molecule has 74 heavy (non-hydrogen) atoms. The summed E-state index contributed by atoms with van der Waals surface area (Å²) in [5.41, 5.74) is 6.34. The Morgan fingerprint density at radius 2 is 1.53 bits per heavy atom. The third-order valence-electron chi connectivity index (χ3n) is 13.2. The van der Waals surface area contributed by atoms with E-state index in [2.05, 4.69) is 43.9 Å². The molecule has 4 heterocycles. The fourth-order valence-electron chi connectivity index (χ4n) is 9.68. The molecule has 394 valence electrons. The summed E-state index contributed by atoms with van der Waals surface area (Å²) in [7, 11) is -7.33. The Morgan fingerprint density at radius 1 is 0.838 bits per heavy atom. The van der Waals surface area contributed by atoms with E-state index in [1.54, 1.807) is 25.3 Å². The van der Waals surface area contributed by atoms with Crippen molar-refractivity contribution < 1.29 is 68.7 Å². The van der Waals surface area contributed by atoms with E-state index in [0.29, 0.717) is 73.1 Å². The number of allylic oxidation sites excluding steroid dienone is 10. The first kappa shape index (κ1) is 55.4. The Labute approximate surface area is 433 Å². The van der Waals surface area contributed by atoms with Crippen molar-refractivity contribution in [2.24, 2.45) is 0 Å². The molecule has 3 aromatic rings. The van der Waals surface area contributed by atoms with Gasteiger partial charge in [0.25, 0.3) is 32.1 Å². The van der Waals surface area contributed by atoms with E-state index < -0.39 is 49.2 Å². The van der Waals surface area contributed by atoms with Crippen LogP contribution in [0.5, 0.6) is 5.75 Å². The molecule has 0 spiro atoms. The maximum Gasteiger partial charge on any atom is 0.333 e. The molecule has 0 aliphatic carbocycles. The Hall–Kier alpha value is -6.32. The molecule has 4 aliphatic rings. The second-order valence-electron chi connectivity index (χ2n) is 19.0. The van der Waals surface area contributed by atoms with Gasteiger partial charge in [-0.15, -0.1) is 5.06 Å². The van der Waals surface area contributed by atoms with Gasteiger partial charge < -0.3 is 28.7 Å². The van der Waals surface area contributed by atoms with Crippen molar-refractivity contribution in [1.29, 1.82) is 0 Å². The van der Waals surface area contributed by atoms with Crippen LogP contribution in [0.15, 0.2) is 120 Å². The second kappa shape index (κ2) is 23.9. The number of rotatable bonds is 24. The van der Waals surface area contributed by atoms with Crippen molar-refractivity contribution in [1.82, 2.24) is 5.06 Å². The summed E-state index contributed by atoms with van der Waals surface area (Å²) in [6.07, 6.45) is 17.4. The first-order valence-corrected chi connectivity index (χ1v) is 27.5. The molecule has 1 saturated heterocycles. The number of imide groups is 1. The number of methoxy groups -OCH3 is 1. The third-order valence-corrected chi connectivity index (χ3v) is 14.9. The number of ether oxygens (including phenoxy) is 4. The molecule has 19 heteroatoms. The largest absolute Gasteiger partial charge is 0.456 e. The van der Waals surface area contributed by atoms with Gasteiger partial charge in [-0.1, -0.05) is 72.9 Å². The molecule has 7 rings (SSSR count). The lowest BCUT2D eigenvalue weighted by atomic mass is 9.75. The number of carbonyl (C=O) groups is 3. The highest BCUT2D eigenvalue weighted by molar-refractivity contribution is 7.86. The minimum atomic E-state index is -4.65. The first-order valence-electron chi connectivity index (χ1n) is 24.5. The Kier molecular flexibility index (Phi) is 17.9. The van der Waals surface area contributed by atoms with E-state index in [1.807, 2.05) is 72.2 Å². The Bertz CT molecular complexity index is 3060. The average molecular weight is 1060 g/mol. The highest BCUT2D eigenvalue weighted by Crippen LogP contribution is 2.47. The summed E-state index contributed by atoms with van der Waals surface area (Å²) in [5, 5.41) is 0.478. The number of hydrogen-bond donors (Lipinski definition) is 2. The topological polar surface area (TPSA) is 216 Å². The van der Waals surface area contributed by atoms with Gasteiger partial charge in [0.2, 0.25) is 5.69 Å². The number of hydroxylamine groups is 2. The summed E-state index contributed by atoms with van der Waals surface area (Å²) in [6, 6.07) is 18.3. The number of nitrogens with zero attached hydrogens (tertiary/aromatic N) is 3. The normalized spacial score (nSPS) is 19.1. The summed E-state index contributed by atoms with van der Waals surface area (Å²) < 4.78 is 93.1. The lowest BCUT2D eigenvalue weighted by molar-refractivity contribution is -0.437. The van der Waals surface area contributed by atoms with Crippen molar-refractivity contribution in [2.45, 2.75) is 82.1 Å². The highest BCUT2D eigenvalue weighted by Gasteiger charge is 2.48. The van der Waals surface area contributed by atoms with E-state index >= 15 is 0 Å². The number of amides is 2. The molecule has 17 nitrogen and oxygen atoms in total. The summed E-state index contributed by atoms with van der Waals surface area (Å²) in [5.74, 6) is -1.16. The molecule has 1 atom stereocenters. The van der Waals surface area contributed by atoms with Gasteiger partial charge in [-0.05, 0) is 76.0 Å². The van der Waals surface area contributed by atoms with E-state index in [0.717, 1.165) is 33.5 Å². The quantitative estimate of drug-likeness (QED) is 0.0284. The van der Waals surface area contributed by atoms with Crippen LogP contribution in [0.4, 0.5) is 11.4 Å². The maximum absolute atomic E-state index is 12.9. The number of carbonyl (C=O) groups excluding carboxylic acids is 3. The number of fused-ring (bicyclic) bond motifs is 3. The Morgan fingerprint density at radius 3 is 2.23 bits per heavy atom. The summed E-state index contributed by atoms with van der Waals surface area (Å²) >= 11 is 0. The van der Waals surface area contributed by atoms with E-state index in [4.69, 9.17) is 23.8 Å². The van der Waals surface area contributed by atoms with E-state index in [1.165, 1.54) is 18.2 Å². The van der Waals surface area contributed by atoms with E-state index in [9.17, 15) is 40.3 Å². The zero-order valence-electron chi connectivity index (χ0n) is 42.3. The molecule has 2 amide bonds. The predicted octanol–water partition coefficient (Wildman–Crippen LogP) is 8.21. The van der Waals surface area contributed by atoms with Gasteiger partial charge in [-0.3, -0.25) is 18.7 Å². The second-order valence-corrected chi connectivity index (χ2v) is 22.0. The molecule has 0 aromatic heterocycles. The molecule has 0 bridgehead atoms. The molecular weight excluding hydrogens is 991 g/mol. The van der Waals surface area contributed by atoms with Crippen molar-refractivity contribution in [3.05, 3.63) is 138 Å². The van der Waals surface area contributed by atoms with Crippen LogP contribution in [-0.2, 0) is 59.1 Å². The minimum absolute atomic E-state index is 0.00812. The lowest BCUT2D eigenvalue weighted by Gasteiger charge is -2.44. The van der Waals surface area contributed by atoms with Gasteiger partial charge in [-0.2, -0.15) is 21.4 Å². The minimum Gasteiger partial charge on any atom is -0.456 e. The molecule has 2 N–H and O–H groups in total. The number of benzene rings is 3. The van der Waals surface area contributed by atoms with Crippen molar-refractivity contribution in [3.8, 4) is 5.75 Å². The smallest absolute Gasteiger partial charge is 0.333 e.